The molecule has 0 fully saturated rings. The maximum absolute atomic E-state index is 5.44. The van der Waals surface area contributed by atoms with Crippen LogP contribution in [0.15, 0.2) is 24.9 Å². The minimum Gasteiger partial charge on any atom is -0.405 e. The molecule has 0 aliphatic rings. The molecule has 0 saturated carbocycles. The van der Waals surface area contributed by atoms with Crippen molar-refractivity contribution in [3.05, 3.63) is 24.9 Å². The Morgan fingerprint density at radius 2 is 2.33 bits per heavy atom. The summed E-state index contributed by atoms with van der Waals surface area (Å²) in [5.41, 5.74) is 10.5. The molecule has 0 aliphatic heterocycles. The molecule has 5 N–H and O–H groups in total. The summed E-state index contributed by atoms with van der Waals surface area (Å²) in [4.78, 5) is 0. The Kier molecular flexibility index (Phi) is 4.86. The van der Waals surface area contributed by atoms with Gasteiger partial charge in [-0.05, 0) is 12.3 Å². The third kappa shape index (κ3) is 5.06. The number of nitrogens with two attached hydrogens (primary N) is 2. The highest BCUT2D eigenvalue weighted by atomic mass is 15.0. The van der Waals surface area contributed by atoms with Crippen LogP contribution in [0.3, 0.4) is 0 Å². The van der Waals surface area contributed by atoms with Gasteiger partial charge >= 0.3 is 0 Å². The first-order valence-electron chi connectivity index (χ1n) is 2.79. The van der Waals surface area contributed by atoms with Gasteiger partial charge in [0.2, 0.25) is 0 Å². The molecule has 0 aromatic carbocycles. The fourth-order valence-electron chi connectivity index (χ4n) is 0.407. The average Bonchev–Trinajstić information content (AvgIpc) is 1.85. The van der Waals surface area contributed by atoms with Gasteiger partial charge in [-0.25, -0.2) is 0 Å². The maximum atomic E-state index is 5.44. The second-order valence-corrected chi connectivity index (χ2v) is 1.61. The van der Waals surface area contributed by atoms with E-state index >= 15 is 0 Å². The topological polar surface area (TPSA) is 64.1 Å². The van der Waals surface area contributed by atoms with Crippen molar-refractivity contribution in [3.8, 4) is 0 Å². The highest BCUT2D eigenvalue weighted by Crippen LogP contribution is 1.71. The van der Waals surface area contributed by atoms with Gasteiger partial charge in [0.05, 0.1) is 6.17 Å². The standard InChI is InChI=1S/C6H13N3/c1-2-5-9-6(8)3-4-7/h2-4,6,9H,1,5,7-8H2/b4-3+. The van der Waals surface area contributed by atoms with E-state index in [4.69, 9.17) is 11.5 Å². The van der Waals surface area contributed by atoms with E-state index in [1.54, 1.807) is 12.2 Å². The van der Waals surface area contributed by atoms with E-state index in [1.807, 2.05) is 0 Å². The molecule has 0 rings (SSSR count). The molecule has 0 radical (unpaired) electrons. The van der Waals surface area contributed by atoms with Crippen LogP contribution in [0.5, 0.6) is 0 Å². The molecule has 0 heterocycles. The fourth-order valence-corrected chi connectivity index (χ4v) is 0.407. The first-order valence-corrected chi connectivity index (χ1v) is 2.79. The van der Waals surface area contributed by atoms with E-state index in [0.29, 0.717) is 6.54 Å². The Morgan fingerprint density at radius 3 is 2.78 bits per heavy atom. The lowest BCUT2D eigenvalue weighted by Gasteiger charge is -2.04. The molecule has 52 valence electrons. The Labute approximate surface area is 55.4 Å². The van der Waals surface area contributed by atoms with Crippen molar-refractivity contribution in [1.29, 1.82) is 0 Å². The lowest BCUT2D eigenvalue weighted by atomic mass is 10.4. The molecule has 9 heavy (non-hydrogen) atoms. The van der Waals surface area contributed by atoms with E-state index in [1.165, 1.54) is 6.20 Å². The molecule has 0 amide bonds. The van der Waals surface area contributed by atoms with Crippen LogP contribution in [0.25, 0.3) is 0 Å². The number of nitrogens with one attached hydrogen (secondary N) is 1. The average molecular weight is 127 g/mol. The third-order valence-corrected chi connectivity index (χ3v) is 0.816. The molecule has 3 heteroatoms. The van der Waals surface area contributed by atoms with Crippen LogP contribution < -0.4 is 16.8 Å². The van der Waals surface area contributed by atoms with Gasteiger partial charge in [0.15, 0.2) is 0 Å². The molecule has 3 nitrogen and oxygen atoms in total. The summed E-state index contributed by atoms with van der Waals surface area (Å²) in [5.74, 6) is 0. The molecular weight excluding hydrogens is 114 g/mol. The molecule has 1 atom stereocenters. The van der Waals surface area contributed by atoms with Crippen molar-refractivity contribution in [3.63, 3.8) is 0 Å². The molecule has 1 unspecified atom stereocenters. The highest BCUT2D eigenvalue weighted by Gasteiger charge is 1.89. The van der Waals surface area contributed by atoms with Gasteiger partial charge in [0.1, 0.15) is 0 Å². The summed E-state index contributed by atoms with van der Waals surface area (Å²) in [6.07, 6.45) is 4.67. The second kappa shape index (κ2) is 5.34. The third-order valence-electron chi connectivity index (χ3n) is 0.816. The zero-order chi connectivity index (χ0) is 7.11. The first kappa shape index (κ1) is 8.20. The van der Waals surface area contributed by atoms with Gasteiger partial charge in [-0.3, -0.25) is 5.32 Å². The zero-order valence-electron chi connectivity index (χ0n) is 5.38. The first-order chi connectivity index (χ1) is 4.31. The molecular formula is C6H13N3. The van der Waals surface area contributed by atoms with E-state index < -0.39 is 0 Å². The van der Waals surface area contributed by atoms with Gasteiger partial charge in [0, 0.05) is 6.54 Å². The minimum atomic E-state index is -0.159. The molecule has 0 bridgehead atoms. The summed E-state index contributed by atoms with van der Waals surface area (Å²) in [5, 5.41) is 2.93. The van der Waals surface area contributed by atoms with Crippen molar-refractivity contribution in [2.24, 2.45) is 11.5 Å². The maximum Gasteiger partial charge on any atom is 0.0758 e. The van der Waals surface area contributed by atoms with Gasteiger partial charge in [-0.15, -0.1) is 6.58 Å². The largest absolute Gasteiger partial charge is 0.405 e. The van der Waals surface area contributed by atoms with Gasteiger partial charge in [-0.2, -0.15) is 0 Å². The van der Waals surface area contributed by atoms with Crippen molar-refractivity contribution in [2.45, 2.75) is 6.17 Å². The van der Waals surface area contributed by atoms with Crippen LogP contribution in [-0.4, -0.2) is 12.7 Å². The Bertz CT molecular complexity index is 98.5. The quantitative estimate of drug-likeness (QED) is 0.353. The minimum absolute atomic E-state index is 0.159. The molecule has 0 aromatic rings. The molecule has 0 saturated heterocycles. The zero-order valence-corrected chi connectivity index (χ0v) is 5.38. The SMILES string of the molecule is C=CCNC(N)/C=C/N. The number of rotatable bonds is 4. The van der Waals surface area contributed by atoms with E-state index in [2.05, 4.69) is 11.9 Å². The summed E-state index contributed by atoms with van der Waals surface area (Å²) in [6, 6.07) is 0. The Hall–Kier alpha value is -0.800. The van der Waals surface area contributed by atoms with Crippen molar-refractivity contribution < 1.29 is 0 Å². The van der Waals surface area contributed by atoms with Crippen LogP contribution >= 0.6 is 0 Å². The summed E-state index contributed by atoms with van der Waals surface area (Å²) in [7, 11) is 0. The predicted molar refractivity (Wildman–Crippen MR) is 39.5 cm³/mol. The van der Waals surface area contributed by atoms with Crippen molar-refractivity contribution in [1.82, 2.24) is 5.32 Å². The smallest absolute Gasteiger partial charge is 0.0758 e. The summed E-state index contributed by atoms with van der Waals surface area (Å²) in [6.45, 7) is 4.22. The summed E-state index contributed by atoms with van der Waals surface area (Å²) >= 11 is 0. The monoisotopic (exact) mass is 127 g/mol. The van der Waals surface area contributed by atoms with Crippen molar-refractivity contribution >= 4 is 0 Å². The molecule has 0 aliphatic carbocycles. The van der Waals surface area contributed by atoms with Crippen LogP contribution in [0.1, 0.15) is 0 Å². The van der Waals surface area contributed by atoms with Crippen LogP contribution in [0, 0.1) is 0 Å². The van der Waals surface area contributed by atoms with Crippen LogP contribution in [-0.2, 0) is 0 Å². The lowest BCUT2D eigenvalue weighted by molar-refractivity contribution is 0.659. The Balaban J connectivity index is 3.25. The number of hydrogen-bond donors (Lipinski definition) is 3. The van der Waals surface area contributed by atoms with Gasteiger partial charge in [-0.1, -0.05) is 6.08 Å². The normalized spacial score (nSPS) is 13.9. The highest BCUT2D eigenvalue weighted by molar-refractivity contribution is 4.87. The van der Waals surface area contributed by atoms with Crippen LogP contribution in [0.4, 0.5) is 0 Å². The van der Waals surface area contributed by atoms with E-state index in [9.17, 15) is 0 Å². The molecule has 0 aromatic heterocycles. The van der Waals surface area contributed by atoms with Crippen LogP contribution in [0.2, 0.25) is 0 Å². The predicted octanol–water partition coefficient (Wildman–Crippen LogP) is -0.481. The Morgan fingerprint density at radius 1 is 1.67 bits per heavy atom. The lowest BCUT2D eigenvalue weighted by Crippen LogP contribution is -2.35. The van der Waals surface area contributed by atoms with Crippen molar-refractivity contribution in [2.75, 3.05) is 6.54 Å². The fraction of sp³-hybridized carbons (Fsp3) is 0.333. The van der Waals surface area contributed by atoms with Gasteiger partial charge in [0.25, 0.3) is 0 Å². The van der Waals surface area contributed by atoms with Gasteiger partial charge < -0.3 is 11.5 Å². The van der Waals surface area contributed by atoms with E-state index in [0.717, 1.165) is 0 Å². The molecule has 0 spiro atoms. The summed E-state index contributed by atoms with van der Waals surface area (Å²) < 4.78 is 0. The second-order valence-electron chi connectivity index (χ2n) is 1.61. The number of hydrogen-bond acceptors (Lipinski definition) is 3. The van der Waals surface area contributed by atoms with E-state index in [-0.39, 0.29) is 6.17 Å².